The van der Waals surface area contributed by atoms with Crippen LogP contribution in [0.1, 0.15) is 55.1 Å². The van der Waals surface area contributed by atoms with Crippen molar-refractivity contribution in [3.63, 3.8) is 0 Å². The first-order chi connectivity index (χ1) is 14.4. The second-order valence-electron chi connectivity index (χ2n) is 7.83. The molecule has 1 saturated heterocycles. The van der Waals surface area contributed by atoms with Crippen LogP contribution in [0.25, 0.3) is 0 Å². The van der Waals surface area contributed by atoms with Crippen molar-refractivity contribution < 1.29 is 17.9 Å². The molecular weight excluding hydrogens is 400 g/mol. The SMILES string of the molecule is CC[C@@H](NS(=O)(=O)c1ccc(OC)c(C(=O)N2CCC(C)CC2)c1)c1ccccc1. The predicted octanol–water partition coefficient (Wildman–Crippen LogP) is 4.00. The normalized spacial score (nSPS) is 16.3. The first kappa shape index (κ1) is 22.3. The Labute approximate surface area is 179 Å². The maximum absolute atomic E-state index is 13.1. The summed E-state index contributed by atoms with van der Waals surface area (Å²) in [6.07, 6.45) is 2.50. The summed E-state index contributed by atoms with van der Waals surface area (Å²) in [6.45, 7) is 5.45. The zero-order chi connectivity index (χ0) is 21.7. The molecule has 30 heavy (non-hydrogen) atoms. The summed E-state index contributed by atoms with van der Waals surface area (Å²) in [5.41, 5.74) is 1.18. The van der Waals surface area contributed by atoms with Gasteiger partial charge in [0.05, 0.1) is 17.6 Å². The van der Waals surface area contributed by atoms with E-state index in [9.17, 15) is 13.2 Å². The standard InChI is InChI=1S/C23H30N2O4S/c1-4-21(18-8-6-5-7-9-18)24-30(27,28)19-10-11-22(29-3)20(16-19)23(26)25-14-12-17(2)13-15-25/h5-11,16-17,21,24H,4,12-15H2,1-3H3/t21-/m1/s1. The average Bonchev–Trinajstić information content (AvgIpc) is 2.77. The van der Waals surface area contributed by atoms with Gasteiger partial charge in [-0.25, -0.2) is 13.1 Å². The Morgan fingerprint density at radius 3 is 2.43 bits per heavy atom. The van der Waals surface area contributed by atoms with E-state index in [1.807, 2.05) is 37.3 Å². The first-order valence-corrected chi connectivity index (χ1v) is 11.9. The van der Waals surface area contributed by atoms with Crippen molar-refractivity contribution in [3.8, 4) is 5.75 Å². The van der Waals surface area contributed by atoms with Crippen LogP contribution in [0.4, 0.5) is 0 Å². The number of nitrogens with zero attached hydrogens (tertiary/aromatic N) is 1. The summed E-state index contributed by atoms with van der Waals surface area (Å²) in [6, 6.07) is 13.6. The molecule has 2 aromatic rings. The van der Waals surface area contributed by atoms with Crippen molar-refractivity contribution in [2.24, 2.45) is 5.92 Å². The van der Waals surface area contributed by atoms with E-state index in [1.54, 1.807) is 11.0 Å². The number of hydrogen-bond donors (Lipinski definition) is 1. The summed E-state index contributed by atoms with van der Waals surface area (Å²) >= 11 is 0. The summed E-state index contributed by atoms with van der Waals surface area (Å²) in [5.74, 6) is 0.786. The minimum atomic E-state index is -3.82. The van der Waals surface area contributed by atoms with Crippen molar-refractivity contribution in [2.75, 3.05) is 20.2 Å². The highest BCUT2D eigenvalue weighted by molar-refractivity contribution is 7.89. The van der Waals surface area contributed by atoms with Crippen LogP contribution in [0.5, 0.6) is 5.75 Å². The number of ether oxygens (including phenoxy) is 1. The van der Waals surface area contributed by atoms with Gasteiger partial charge in [0.1, 0.15) is 5.75 Å². The number of hydrogen-bond acceptors (Lipinski definition) is 4. The molecule has 1 atom stereocenters. The minimum Gasteiger partial charge on any atom is -0.496 e. The number of piperidine rings is 1. The fourth-order valence-corrected chi connectivity index (χ4v) is 5.06. The number of benzene rings is 2. The van der Waals surface area contributed by atoms with Crippen LogP contribution in [-0.2, 0) is 10.0 Å². The molecule has 0 spiro atoms. The second kappa shape index (κ2) is 9.62. The van der Waals surface area contributed by atoms with Gasteiger partial charge in [-0.05, 0) is 48.9 Å². The lowest BCUT2D eigenvalue weighted by Crippen LogP contribution is -2.38. The zero-order valence-electron chi connectivity index (χ0n) is 17.8. The molecular formula is C23H30N2O4S. The van der Waals surface area contributed by atoms with E-state index in [0.717, 1.165) is 18.4 Å². The number of nitrogens with one attached hydrogen (secondary N) is 1. The molecule has 1 aliphatic heterocycles. The third-order valence-electron chi connectivity index (χ3n) is 5.69. The predicted molar refractivity (Wildman–Crippen MR) is 117 cm³/mol. The van der Waals surface area contributed by atoms with E-state index in [0.29, 0.717) is 31.2 Å². The van der Waals surface area contributed by atoms with E-state index >= 15 is 0 Å². The fraction of sp³-hybridized carbons (Fsp3) is 0.435. The molecule has 1 amide bonds. The summed E-state index contributed by atoms with van der Waals surface area (Å²) in [7, 11) is -2.33. The summed E-state index contributed by atoms with van der Waals surface area (Å²) in [5, 5.41) is 0. The van der Waals surface area contributed by atoms with Gasteiger partial charge < -0.3 is 9.64 Å². The molecule has 162 valence electrons. The van der Waals surface area contributed by atoms with Gasteiger partial charge in [-0.1, -0.05) is 44.2 Å². The van der Waals surface area contributed by atoms with Crippen LogP contribution >= 0.6 is 0 Å². The van der Waals surface area contributed by atoms with Crippen LogP contribution in [-0.4, -0.2) is 39.4 Å². The maximum Gasteiger partial charge on any atom is 0.257 e. The van der Waals surface area contributed by atoms with Crippen molar-refractivity contribution in [1.82, 2.24) is 9.62 Å². The van der Waals surface area contributed by atoms with Gasteiger partial charge in [-0.3, -0.25) is 4.79 Å². The van der Waals surface area contributed by atoms with Crippen LogP contribution < -0.4 is 9.46 Å². The third-order valence-corrected chi connectivity index (χ3v) is 7.16. The van der Waals surface area contributed by atoms with E-state index < -0.39 is 10.0 Å². The highest BCUT2D eigenvalue weighted by Crippen LogP contribution is 2.27. The Bertz CT molecular complexity index is 968. The number of rotatable bonds is 7. The smallest absolute Gasteiger partial charge is 0.257 e. The van der Waals surface area contributed by atoms with Gasteiger partial charge in [0.15, 0.2) is 0 Å². The number of amides is 1. The average molecular weight is 431 g/mol. The molecule has 1 aliphatic rings. The second-order valence-corrected chi connectivity index (χ2v) is 9.54. The van der Waals surface area contributed by atoms with E-state index in [-0.39, 0.29) is 22.4 Å². The van der Waals surface area contributed by atoms with Crippen molar-refractivity contribution in [1.29, 1.82) is 0 Å². The van der Waals surface area contributed by atoms with Crippen LogP contribution in [0.15, 0.2) is 53.4 Å². The zero-order valence-corrected chi connectivity index (χ0v) is 18.6. The highest BCUT2D eigenvalue weighted by Gasteiger charge is 2.27. The summed E-state index contributed by atoms with van der Waals surface area (Å²) in [4.78, 5) is 14.9. The largest absolute Gasteiger partial charge is 0.496 e. The Hall–Kier alpha value is -2.38. The molecule has 3 rings (SSSR count). The molecule has 1 fully saturated rings. The van der Waals surface area contributed by atoms with Crippen molar-refractivity contribution in [3.05, 3.63) is 59.7 Å². The number of carbonyl (C=O) groups is 1. The number of sulfonamides is 1. The van der Waals surface area contributed by atoms with E-state index in [1.165, 1.54) is 19.2 Å². The number of likely N-dealkylation sites (tertiary alicyclic amines) is 1. The number of methoxy groups -OCH3 is 1. The molecule has 7 heteroatoms. The maximum atomic E-state index is 13.1. The van der Waals surface area contributed by atoms with Gasteiger partial charge >= 0.3 is 0 Å². The molecule has 1 N–H and O–H groups in total. The molecule has 0 radical (unpaired) electrons. The van der Waals surface area contributed by atoms with Gasteiger partial charge in [0.2, 0.25) is 10.0 Å². The molecule has 0 bridgehead atoms. The lowest BCUT2D eigenvalue weighted by atomic mass is 9.98. The van der Waals surface area contributed by atoms with Crippen molar-refractivity contribution in [2.45, 2.75) is 44.0 Å². The lowest BCUT2D eigenvalue weighted by molar-refractivity contribution is 0.0693. The van der Waals surface area contributed by atoms with Crippen LogP contribution in [0, 0.1) is 5.92 Å². The monoisotopic (exact) mass is 430 g/mol. The molecule has 1 heterocycles. The highest BCUT2D eigenvalue weighted by atomic mass is 32.2. The van der Waals surface area contributed by atoms with Gasteiger partial charge in [-0.15, -0.1) is 0 Å². The number of carbonyl (C=O) groups excluding carboxylic acids is 1. The topological polar surface area (TPSA) is 75.7 Å². The summed E-state index contributed by atoms with van der Waals surface area (Å²) < 4.78 is 34.3. The molecule has 2 aromatic carbocycles. The molecule has 0 unspecified atom stereocenters. The Morgan fingerprint density at radius 2 is 1.83 bits per heavy atom. The van der Waals surface area contributed by atoms with Crippen LogP contribution in [0.3, 0.4) is 0 Å². The minimum absolute atomic E-state index is 0.0615. The van der Waals surface area contributed by atoms with E-state index in [4.69, 9.17) is 4.74 Å². The Kier molecular flexibility index (Phi) is 7.15. The lowest BCUT2D eigenvalue weighted by Gasteiger charge is -2.30. The van der Waals surface area contributed by atoms with Gasteiger partial charge in [-0.2, -0.15) is 0 Å². The molecule has 6 nitrogen and oxygen atoms in total. The Balaban J connectivity index is 1.88. The third kappa shape index (κ3) is 5.02. The first-order valence-electron chi connectivity index (χ1n) is 10.4. The Morgan fingerprint density at radius 1 is 1.17 bits per heavy atom. The molecule has 0 aromatic heterocycles. The van der Waals surface area contributed by atoms with Crippen LogP contribution in [0.2, 0.25) is 0 Å². The molecule has 0 aliphatic carbocycles. The van der Waals surface area contributed by atoms with Gasteiger partial charge in [0.25, 0.3) is 5.91 Å². The quantitative estimate of drug-likeness (QED) is 0.720. The van der Waals surface area contributed by atoms with E-state index in [2.05, 4.69) is 11.6 Å². The van der Waals surface area contributed by atoms with Gasteiger partial charge in [0, 0.05) is 19.1 Å². The fourth-order valence-electron chi connectivity index (χ4n) is 3.73. The molecule has 0 saturated carbocycles. The van der Waals surface area contributed by atoms with Crippen molar-refractivity contribution >= 4 is 15.9 Å².